The molecule has 2 aromatic rings. The molecule has 0 saturated carbocycles. The molecule has 114 heavy (non-hydrogen) atoms. The molecule has 0 bridgehead atoms. The van der Waals surface area contributed by atoms with Gasteiger partial charge in [-0.05, 0) is 80.9 Å². The van der Waals surface area contributed by atoms with E-state index in [9.17, 15) is 77.0 Å². The predicted octanol–water partition coefficient (Wildman–Crippen LogP) is -4.77. The van der Waals surface area contributed by atoms with Crippen LogP contribution >= 0.6 is 25.3 Å². The van der Waals surface area contributed by atoms with Crippen LogP contribution in [-0.4, -0.2) is 235 Å². The summed E-state index contributed by atoms with van der Waals surface area (Å²) in [6, 6.07) is 2.50. The number of thiol groups is 2. The summed E-state index contributed by atoms with van der Waals surface area (Å²) >= 11 is 8.37. The fourth-order valence-electron chi connectivity index (χ4n) is 11.2. The molecule has 41 heteroatoms. The quantitative estimate of drug-likeness (QED) is 0.00972. The number of rotatable bonds is 57. The number of carbonyl (C=O) groups is 15. The maximum atomic E-state index is 14.9. The molecule has 0 radical (unpaired) electrons. The van der Waals surface area contributed by atoms with Gasteiger partial charge in [0.2, 0.25) is 70.9 Å². The van der Waals surface area contributed by atoms with E-state index in [1.165, 1.54) is 0 Å². The zero-order valence-electron chi connectivity index (χ0n) is 65.2. The second-order valence-corrected chi connectivity index (χ2v) is 27.9. The molecule has 0 aliphatic rings. The number of aldehydes is 1. The number of aliphatic imine (C=N–C) groups is 3. The van der Waals surface area contributed by atoms with Crippen molar-refractivity contribution in [3.05, 3.63) is 71.8 Å². The van der Waals surface area contributed by atoms with Crippen LogP contribution in [0.4, 0.5) is 0 Å². The number of nitrogens with zero attached hydrogens (tertiary/aromatic N) is 4. The number of guanidine groups is 3. The third-order valence-corrected chi connectivity index (χ3v) is 18.8. The molecule has 13 amide bonds. The fraction of sp³-hybridized carbons (Fsp3) is 0.589. The Morgan fingerprint density at radius 1 is 0.465 bits per heavy atom. The van der Waals surface area contributed by atoms with Crippen LogP contribution in [0.25, 0.3) is 0 Å². The molecule has 28 N–H and O–H groups in total. The number of carbonyl (C=O) groups excluding carboxylic acids is 14. The average Bonchev–Trinajstić information content (AvgIpc) is 0.827. The molecule has 0 aliphatic carbocycles. The third kappa shape index (κ3) is 39.7. The lowest BCUT2D eigenvalue weighted by molar-refractivity contribution is -0.152. The van der Waals surface area contributed by atoms with Crippen LogP contribution in [0.3, 0.4) is 0 Å². The van der Waals surface area contributed by atoms with E-state index in [4.69, 9.17) is 45.9 Å². The van der Waals surface area contributed by atoms with Crippen LogP contribution in [0.2, 0.25) is 0 Å². The first-order chi connectivity index (χ1) is 54.2. The standard InChI is InChI=1S/C73H119N23O16S2/c1-5-43(3)60(94-64(106)49(26-19-32-84-72(78)79)88-57(100)39-86-56(99)38-87-63(105)51(35-45-21-12-10-13-22-45)89-55(98)29-34-82-62(104)48(75)41-113)68(110)91-52(37-59(102)103)66(108)90-50(27-20-33-85-73(80)81)65(107)95-61(44(4)6-2)69(111)93-54(42-114)67(109)92-53(36-46-23-14-11-15-24-46)70(112)96(47(40-97)25-18-31-83-71(76)77)58(101)28-16-8-7-9-17-30-74/h10-15,21-24,40,43-44,47-54,60-61,113-114H,5-9,16-20,25-39,41-42,74-75H2,1-4H3,(H,82,104)(H,86,99)(H,87,105)(H,88,100)(H,89,98)(H,90,108)(H,91,110)(H,92,109)(H,93,111)(H,94,106)(H,95,107)(H,102,103)(H4,76,77,83)(H4,78,79,84)(H4,80,81,85)/t43-,44-,47-,48-,49-,50-,51-,52-,53-,54-,60-,61-/m0/s1. The lowest BCUT2D eigenvalue weighted by atomic mass is 9.96. The Labute approximate surface area is 674 Å². The first-order valence-electron chi connectivity index (χ1n) is 37.9. The molecule has 0 spiro atoms. The summed E-state index contributed by atoms with van der Waals surface area (Å²) < 4.78 is 0. The molecule has 0 aliphatic heterocycles. The number of unbranched alkanes of at least 4 members (excludes halogenated alkanes) is 4. The molecule has 0 heterocycles. The summed E-state index contributed by atoms with van der Waals surface area (Å²) in [6.45, 7) is 5.39. The SMILES string of the molecule is CC[C@H](C)[C@H](NC(=O)[C@H](CCCN=C(N)N)NC(=O)CNC(=O)CNC(=O)[C@H](Cc1ccccc1)NC(=O)CCNC(=O)[C@@H](N)CS)C(=O)N[C@@H](CC(=O)O)C(=O)N[C@@H](CCCN=C(N)N)C(=O)N[C@H](C(=O)N[C@@H](CS)C(=O)N[C@@H](Cc1ccccc1)C(=O)N(C(=O)CCCCCCCN)[C@H](C=O)CCCN=C(N)N)[C@@H](C)CC. The summed E-state index contributed by atoms with van der Waals surface area (Å²) in [4.78, 5) is 220. The molecule has 2 aromatic carbocycles. The summed E-state index contributed by atoms with van der Waals surface area (Å²) in [7, 11) is 0. The highest BCUT2D eigenvalue weighted by Gasteiger charge is 2.40. The van der Waals surface area contributed by atoms with Crippen molar-refractivity contribution in [2.75, 3.05) is 57.3 Å². The molecule has 0 unspecified atom stereocenters. The van der Waals surface area contributed by atoms with E-state index >= 15 is 0 Å². The lowest BCUT2D eigenvalue weighted by Crippen LogP contribution is -2.62. The van der Waals surface area contributed by atoms with Crippen molar-refractivity contribution in [2.45, 2.75) is 204 Å². The van der Waals surface area contributed by atoms with Gasteiger partial charge in [0.1, 0.15) is 54.6 Å². The highest BCUT2D eigenvalue weighted by molar-refractivity contribution is 7.80. The smallest absolute Gasteiger partial charge is 0.305 e. The molecular weight excluding hydrogens is 1520 g/mol. The Morgan fingerprint density at radius 3 is 1.39 bits per heavy atom. The van der Waals surface area contributed by atoms with Crippen LogP contribution in [0.5, 0.6) is 0 Å². The molecule has 0 aromatic heterocycles. The van der Waals surface area contributed by atoms with Gasteiger partial charge in [-0.3, -0.25) is 87.0 Å². The average molecular weight is 1640 g/mol. The topological polar surface area (TPSA) is 657 Å². The first-order valence-corrected chi connectivity index (χ1v) is 39.2. The summed E-state index contributed by atoms with van der Waals surface area (Å²) in [5, 5.41) is 37.9. The summed E-state index contributed by atoms with van der Waals surface area (Å²) in [5.41, 5.74) is 45.8. The number of nitrogens with one attached hydrogen (secondary N) is 11. The van der Waals surface area contributed by atoms with E-state index in [0.29, 0.717) is 36.8 Å². The Balaban J connectivity index is 2.48. The van der Waals surface area contributed by atoms with Gasteiger partial charge >= 0.3 is 5.97 Å². The molecule has 2 rings (SSSR count). The second-order valence-electron chi connectivity index (χ2n) is 27.2. The van der Waals surface area contributed by atoms with Gasteiger partial charge in [-0.15, -0.1) is 0 Å². The predicted molar refractivity (Wildman–Crippen MR) is 434 cm³/mol. The minimum absolute atomic E-state index is 0.00212. The van der Waals surface area contributed by atoms with E-state index < -0.39 is 180 Å². The molecule has 0 saturated heterocycles. The Kier molecular flexibility index (Phi) is 48.6. The van der Waals surface area contributed by atoms with E-state index in [-0.39, 0.29) is 127 Å². The number of aliphatic carboxylic acids is 1. The van der Waals surface area contributed by atoms with E-state index in [1.54, 1.807) is 88.4 Å². The number of hydrogen-bond donors (Lipinski definition) is 22. The van der Waals surface area contributed by atoms with Crippen molar-refractivity contribution in [1.82, 2.24) is 63.4 Å². The van der Waals surface area contributed by atoms with Gasteiger partial charge < -0.3 is 114 Å². The number of imide groups is 1. The third-order valence-electron chi connectivity index (χ3n) is 18.0. The van der Waals surface area contributed by atoms with Gasteiger partial charge in [-0.25, -0.2) is 0 Å². The van der Waals surface area contributed by atoms with Gasteiger partial charge in [-0.2, -0.15) is 25.3 Å². The van der Waals surface area contributed by atoms with Gasteiger partial charge in [0.25, 0.3) is 5.91 Å². The van der Waals surface area contributed by atoms with Crippen LogP contribution in [0.1, 0.15) is 142 Å². The number of amides is 13. The zero-order valence-corrected chi connectivity index (χ0v) is 67.0. The number of benzene rings is 2. The van der Waals surface area contributed by atoms with Gasteiger partial charge in [0, 0.05) is 63.4 Å². The second kappa shape index (κ2) is 55.7. The van der Waals surface area contributed by atoms with E-state index in [0.717, 1.165) is 24.2 Å². The van der Waals surface area contributed by atoms with Gasteiger partial charge in [-0.1, -0.05) is 120 Å². The molecule has 39 nitrogen and oxygen atoms in total. The van der Waals surface area contributed by atoms with E-state index in [2.05, 4.69) is 98.7 Å². The first kappa shape index (κ1) is 99.4. The minimum Gasteiger partial charge on any atom is -0.481 e. The number of carboxylic acid groups (broad SMARTS) is 1. The Bertz CT molecular complexity index is 3540. The normalized spacial score (nSPS) is 14.0. The number of carboxylic acids is 1. The lowest BCUT2D eigenvalue weighted by Gasteiger charge is -2.32. The fourth-order valence-corrected chi connectivity index (χ4v) is 11.7. The minimum atomic E-state index is -1.97. The van der Waals surface area contributed by atoms with Gasteiger partial charge in [0.15, 0.2) is 17.9 Å². The van der Waals surface area contributed by atoms with Crippen LogP contribution in [0, 0.1) is 11.8 Å². The monoisotopic (exact) mass is 1640 g/mol. The molecule has 634 valence electrons. The highest BCUT2D eigenvalue weighted by Crippen LogP contribution is 2.19. The van der Waals surface area contributed by atoms with Crippen molar-refractivity contribution in [3.8, 4) is 0 Å². The maximum Gasteiger partial charge on any atom is 0.305 e. The Morgan fingerprint density at radius 2 is 0.904 bits per heavy atom. The summed E-state index contributed by atoms with van der Waals surface area (Å²) in [5.74, 6) is -15.7. The van der Waals surface area contributed by atoms with Crippen molar-refractivity contribution in [1.29, 1.82) is 0 Å². The summed E-state index contributed by atoms with van der Waals surface area (Å²) in [6.07, 6.45) is 2.35. The number of nitrogens with two attached hydrogens (primary N) is 8. The highest BCUT2D eigenvalue weighted by atomic mass is 32.1. The van der Waals surface area contributed by atoms with Crippen molar-refractivity contribution >= 4 is 132 Å². The molecule has 12 atom stereocenters. The van der Waals surface area contributed by atoms with Crippen molar-refractivity contribution in [3.63, 3.8) is 0 Å². The maximum absolute atomic E-state index is 14.9. The van der Waals surface area contributed by atoms with Gasteiger partial charge in [0.05, 0.1) is 31.6 Å². The van der Waals surface area contributed by atoms with Crippen molar-refractivity contribution in [2.24, 2.45) is 72.7 Å². The van der Waals surface area contributed by atoms with Crippen LogP contribution in [0.15, 0.2) is 75.6 Å². The Hall–Kier alpha value is -10.7. The van der Waals surface area contributed by atoms with Crippen LogP contribution in [-0.2, 0) is 84.8 Å². The zero-order chi connectivity index (χ0) is 85.2. The molecular formula is C73H119N23O16S2. The van der Waals surface area contributed by atoms with Crippen molar-refractivity contribution < 1.29 is 77.0 Å². The molecule has 0 fully saturated rings. The van der Waals surface area contributed by atoms with Crippen LogP contribution < -0.4 is 104 Å². The number of hydrogen-bond acceptors (Lipinski definition) is 22. The van der Waals surface area contributed by atoms with E-state index in [1.807, 2.05) is 0 Å². The largest absolute Gasteiger partial charge is 0.481 e.